The Morgan fingerprint density at radius 3 is 2.59 bits per heavy atom. The lowest BCUT2D eigenvalue weighted by Gasteiger charge is -2.30. The first kappa shape index (κ1) is 23.2. The minimum atomic E-state index is 0.0335. The number of halogens is 1. The molecule has 1 amide bonds. The lowest BCUT2D eigenvalue weighted by Crippen LogP contribution is -2.40. The van der Waals surface area contributed by atoms with Crippen molar-refractivity contribution >= 4 is 50.5 Å². The Morgan fingerprint density at radius 1 is 1.06 bits per heavy atom. The van der Waals surface area contributed by atoms with E-state index >= 15 is 0 Å². The smallest absolute Gasteiger partial charge is 0.267 e. The molecule has 2 aliphatic rings. The summed E-state index contributed by atoms with van der Waals surface area (Å²) in [4.78, 5) is 21.2. The Hall–Kier alpha value is -2.57. The second-order valence-electron chi connectivity index (χ2n) is 8.66. The van der Waals surface area contributed by atoms with Gasteiger partial charge in [-0.3, -0.25) is 9.69 Å². The predicted octanol–water partition coefficient (Wildman–Crippen LogP) is 8.21. The molecule has 1 aliphatic heterocycles. The topological polar surface area (TPSA) is 45.8 Å². The van der Waals surface area contributed by atoms with E-state index in [1.807, 2.05) is 65.6 Å². The molecule has 2 fully saturated rings. The van der Waals surface area contributed by atoms with Crippen molar-refractivity contribution in [1.29, 1.82) is 0 Å². The van der Waals surface area contributed by atoms with Crippen molar-refractivity contribution < 1.29 is 9.21 Å². The molecule has 0 spiro atoms. The average Bonchev–Trinajstić information content (AvgIpc) is 3.45. The lowest BCUT2D eigenvalue weighted by molar-refractivity contribution is -0.124. The van der Waals surface area contributed by atoms with Gasteiger partial charge >= 0.3 is 0 Å². The fourth-order valence-corrected chi connectivity index (χ4v) is 5.87. The summed E-state index contributed by atoms with van der Waals surface area (Å²) >= 11 is 4.93. The van der Waals surface area contributed by atoms with Crippen LogP contribution in [0.15, 0.2) is 79.5 Å². The molecule has 1 saturated carbocycles. The van der Waals surface area contributed by atoms with Gasteiger partial charge < -0.3 is 4.42 Å². The van der Waals surface area contributed by atoms with Gasteiger partial charge in [0, 0.05) is 22.2 Å². The second kappa shape index (κ2) is 10.4. The number of aliphatic imine (C=N–C) groups is 1. The van der Waals surface area contributed by atoms with Gasteiger partial charge in [0.2, 0.25) is 0 Å². The van der Waals surface area contributed by atoms with Crippen molar-refractivity contribution in [3.05, 3.63) is 81.4 Å². The number of furan rings is 1. The monoisotopic (exact) mass is 534 g/mol. The molecule has 1 aromatic heterocycles. The van der Waals surface area contributed by atoms with Gasteiger partial charge in [-0.2, -0.15) is 0 Å². The van der Waals surface area contributed by atoms with Crippen molar-refractivity contribution in [2.24, 2.45) is 4.99 Å². The lowest BCUT2D eigenvalue weighted by atomic mass is 9.94. The molecule has 2 heterocycles. The number of aryl methyl sites for hydroxylation is 1. The summed E-state index contributed by atoms with van der Waals surface area (Å²) in [5.74, 6) is 1.49. The fourth-order valence-electron chi connectivity index (χ4n) is 4.58. The third-order valence-corrected chi connectivity index (χ3v) is 7.91. The Morgan fingerprint density at radius 2 is 1.82 bits per heavy atom. The van der Waals surface area contributed by atoms with E-state index in [0.29, 0.717) is 10.7 Å². The normalized spacial score (nSPS) is 19.5. The van der Waals surface area contributed by atoms with Gasteiger partial charge in [0.15, 0.2) is 5.17 Å². The zero-order valence-corrected chi connectivity index (χ0v) is 21.6. The summed E-state index contributed by atoms with van der Waals surface area (Å²) in [5, 5.41) is 0.781. The van der Waals surface area contributed by atoms with Crippen LogP contribution in [0.2, 0.25) is 0 Å². The highest BCUT2D eigenvalue weighted by Gasteiger charge is 2.39. The quantitative estimate of drug-likeness (QED) is 0.309. The zero-order valence-electron chi connectivity index (χ0n) is 19.2. The third-order valence-electron chi connectivity index (χ3n) is 6.39. The van der Waals surface area contributed by atoms with Crippen LogP contribution in [0, 0.1) is 0 Å². The standard InChI is InChI=1S/C28H27BrN2O2S/c1-2-19-8-6-7-11-24(19)30-28-31(22-9-4-3-5-10-22)27(32)26(34-28)18-23-16-17-25(33-23)20-12-14-21(29)15-13-20/h6-8,11-18,22H,2-5,9-10H2,1H3/b26-18+,30-28?. The maximum Gasteiger partial charge on any atom is 0.267 e. The molecule has 6 heteroatoms. The van der Waals surface area contributed by atoms with E-state index in [9.17, 15) is 4.79 Å². The summed E-state index contributed by atoms with van der Waals surface area (Å²) in [6.07, 6.45) is 8.38. The summed E-state index contributed by atoms with van der Waals surface area (Å²) in [6, 6.07) is 20.3. The van der Waals surface area contributed by atoms with E-state index in [1.165, 1.54) is 23.7 Å². The van der Waals surface area contributed by atoms with Crippen molar-refractivity contribution in [2.45, 2.75) is 51.5 Å². The molecule has 2 aromatic carbocycles. The molecule has 0 radical (unpaired) electrons. The van der Waals surface area contributed by atoms with Crippen LogP contribution in [0.1, 0.15) is 50.4 Å². The summed E-state index contributed by atoms with van der Waals surface area (Å²) in [6.45, 7) is 2.14. The summed E-state index contributed by atoms with van der Waals surface area (Å²) in [5.41, 5.74) is 3.13. The second-order valence-corrected chi connectivity index (χ2v) is 10.6. The predicted molar refractivity (Wildman–Crippen MR) is 144 cm³/mol. The van der Waals surface area contributed by atoms with Gasteiger partial charge in [-0.15, -0.1) is 0 Å². The number of thioether (sulfide) groups is 1. The minimum Gasteiger partial charge on any atom is -0.457 e. The van der Waals surface area contributed by atoms with Crippen LogP contribution in [0.25, 0.3) is 17.4 Å². The third kappa shape index (κ3) is 4.93. The maximum absolute atomic E-state index is 13.6. The Bertz CT molecular complexity index is 1240. The molecular weight excluding hydrogens is 508 g/mol. The van der Waals surface area contributed by atoms with Crippen LogP contribution in [-0.2, 0) is 11.2 Å². The van der Waals surface area contributed by atoms with Gasteiger partial charge in [-0.05, 0) is 66.9 Å². The molecule has 1 saturated heterocycles. The number of amides is 1. The zero-order chi connectivity index (χ0) is 23.5. The molecule has 0 unspecified atom stereocenters. The number of carbonyl (C=O) groups is 1. The number of carbonyl (C=O) groups excluding carboxylic acids is 1. The van der Waals surface area contributed by atoms with Crippen molar-refractivity contribution in [2.75, 3.05) is 0 Å². The highest BCUT2D eigenvalue weighted by atomic mass is 79.9. The first-order chi connectivity index (χ1) is 16.6. The number of amidine groups is 1. The van der Waals surface area contributed by atoms with Gasteiger partial charge in [-0.25, -0.2) is 4.99 Å². The molecule has 0 bridgehead atoms. The molecular formula is C28H27BrN2O2S. The molecule has 4 nitrogen and oxygen atoms in total. The van der Waals surface area contributed by atoms with E-state index in [4.69, 9.17) is 9.41 Å². The Balaban J connectivity index is 1.47. The molecule has 34 heavy (non-hydrogen) atoms. The van der Waals surface area contributed by atoms with E-state index in [-0.39, 0.29) is 11.9 Å². The average molecular weight is 536 g/mol. The summed E-state index contributed by atoms with van der Waals surface area (Å²) < 4.78 is 7.10. The SMILES string of the molecule is CCc1ccccc1N=C1S/C(=C/c2ccc(-c3ccc(Br)cc3)o2)C(=O)N1C1CCCCC1. The van der Waals surface area contributed by atoms with Crippen molar-refractivity contribution in [3.8, 4) is 11.3 Å². The summed E-state index contributed by atoms with van der Waals surface area (Å²) in [7, 11) is 0. The highest BCUT2D eigenvalue weighted by molar-refractivity contribution is 9.10. The van der Waals surface area contributed by atoms with Gasteiger partial charge in [0.1, 0.15) is 11.5 Å². The highest BCUT2D eigenvalue weighted by Crippen LogP contribution is 2.39. The number of rotatable bonds is 5. The Kier molecular flexibility index (Phi) is 7.07. The number of hydrogen-bond donors (Lipinski definition) is 0. The molecule has 0 atom stereocenters. The number of hydrogen-bond acceptors (Lipinski definition) is 4. The van der Waals surface area contributed by atoms with E-state index in [0.717, 1.165) is 58.8 Å². The minimum absolute atomic E-state index is 0.0335. The first-order valence-corrected chi connectivity index (χ1v) is 13.5. The van der Waals surface area contributed by atoms with Crippen LogP contribution < -0.4 is 0 Å². The van der Waals surface area contributed by atoms with Crippen molar-refractivity contribution in [3.63, 3.8) is 0 Å². The molecule has 5 rings (SSSR count). The van der Waals surface area contributed by atoms with Crippen molar-refractivity contribution in [1.82, 2.24) is 4.90 Å². The molecule has 174 valence electrons. The van der Waals surface area contributed by atoms with Gasteiger partial charge in [0.05, 0.1) is 10.6 Å². The van der Waals surface area contributed by atoms with E-state index in [1.54, 1.807) is 0 Å². The molecule has 3 aromatic rings. The van der Waals surface area contributed by atoms with Crippen LogP contribution in [-0.4, -0.2) is 22.0 Å². The van der Waals surface area contributed by atoms with Gasteiger partial charge in [-0.1, -0.05) is 72.4 Å². The largest absolute Gasteiger partial charge is 0.457 e. The Labute approximate surface area is 213 Å². The van der Waals surface area contributed by atoms with Crippen LogP contribution in [0.4, 0.5) is 5.69 Å². The van der Waals surface area contributed by atoms with Gasteiger partial charge in [0.25, 0.3) is 5.91 Å². The van der Waals surface area contributed by atoms with E-state index < -0.39 is 0 Å². The first-order valence-electron chi connectivity index (χ1n) is 11.9. The van der Waals surface area contributed by atoms with E-state index in [2.05, 4.69) is 28.9 Å². The number of benzene rings is 2. The van der Waals surface area contributed by atoms with Crippen LogP contribution in [0.3, 0.4) is 0 Å². The number of para-hydroxylation sites is 1. The van der Waals surface area contributed by atoms with Crippen LogP contribution in [0.5, 0.6) is 0 Å². The molecule has 1 aliphatic carbocycles. The molecule has 0 N–H and O–H groups in total. The van der Waals surface area contributed by atoms with Crippen LogP contribution >= 0.6 is 27.7 Å². The number of nitrogens with zero attached hydrogens (tertiary/aromatic N) is 2. The maximum atomic E-state index is 13.6. The fraction of sp³-hybridized carbons (Fsp3) is 0.286.